The number of aryl methyl sites for hydroxylation is 1. The van der Waals surface area contributed by atoms with Crippen LogP contribution in [-0.2, 0) is 9.53 Å². The van der Waals surface area contributed by atoms with Gasteiger partial charge in [0.2, 0.25) is 0 Å². The van der Waals surface area contributed by atoms with E-state index in [4.69, 9.17) is 21.1 Å². The SMILES string of the molecule is COc1cc(C(=O)OCC(=O)Nc2ccc(Cl)cc2C)ccc1OC(F)F. The molecule has 2 rings (SSSR count). The topological polar surface area (TPSA) is 73.9 Å². The summed E-state index contributed by atoms with van der Waals surface area (Å²) in [5.41, 5.74) is 1.31. The number of carbonyl (C=O) groups excluding carboxylic acids is 2. The Bertz CT molecular complexity index is 844. The minimum atomic E-state index is -3.03. The number of carbonyl (C=O) groups is 2. The van der Waals surface area contributed by atoms with Gasteiger partial charge in [0.15, 0.2) is 18.1 Å². The van der Waals surface area contributed by atoms with Crippen molar-refractivity contribution in [2.24, 2.45) is 0 Å². The number of amides is 1. The third kappa shape index (κ3) is 5.82. The number of methoxy groups -OCH3 is 1. The molecule has 6 nitrogen and oxygen atoms in total. The van der Waals surface area contributed by atoms with E-state index < -0.39 is 25.1 Å². The molecule has 1 N–H and O–H groups in total. The second-order valence-corrected chi connectivity index (χ2v) is 5.76. The van der Waals surface area contributed by atoms with Crippen LogP contribution in [0.2, 0.25) is 5.02 Å². The molecule has 0 unspecified atom stereocenters. The highest BCUT2D eigenvalue weighted by molar-refractivity contribution is 6.30. The first-order valence-corrected chi connectivity index (χ1v) is 8.04. The molecule has 9 heteroatoms. The summed E-state index contributed by atoms with van der Waals surface area (Å²) in [5, 5.41) is 3.13. The van der Waals surface area contributed by atoms with E-state index in [2.05, 4.69) is 10.1 Å². The van der Waals surface area contributed by atoms with Crippen LogP contribution in [0.1, 0.15) is 15.9 Å². The zero-order valence-corrected chi connectivity index (χ0v) is 15.2. The molecule has 0 fully saturated rings. The number of alkyl halides is 2. The van der Waals surface area contributed by atoms with Gasteiger partial charge in [-0.3, -0.25) is 4.79 Å². The standard InChI is InChI=1S/C18H16ClF2NO5/c1-10-7-12(19)4-5-13(10)22-16(23)9-26-17(24)11-3-6-14(27-18(20)21)15(8-11)25-2/h3-8,18H,9H2,1-2H3,(H,22,23). The van der Waals surface area contributed by atoms with Crippen molar-refractivity contribution in [2.75, 3.05) is 19.0 Å². The van der Waals surface area contributed by atoms with E-state index in [9.17, 15) is 18.4 Å². The average Bonchev–Trinajstić information content (AvgIpc) is 2.62. The summed E-state index contributed by atoms with van der Waals surface area (Å²) in [5.74, 6) is -1.65. The van der Waals surface area contributed by atoms with Crippen molar-refractivity contribution in [1.29, 1.82) is 0 Å². The summed E-state index contributed by atoms with van der Waals surface area (Å²) in [6.07, 6.45) is 0. The fourth-order valence-corrected chi connectivity index (χ4v) is 2.38. The van der Waals surface area contributed by atoms with E-state index in [1.807, 2.05) is 0 Å². The summed E-state index contributed by atoms with van der Waals surface area (Å²) in [7, 11) is 1.24. The summed E-state index contributed by atoms with van der Waals surface area (Å²) in [6, 6.07) is 8.48. The van der Waals surface area contributed by atoms with Gasteiger partial charge in [0.1, 0.15) is 0 Å². The lowest BCUT2D eigenvalue weighted by molar-refractivity contribution is -0.119. The monoisotopic (exact) mass is 399 g/mol. The molecular formula is C18H16ClF2NO5. The van der Waals surface area contributed by atoms with Crippen molar-refractivity contribution in [3.05, 3.63) is 52.5 Å². The summed E-state index contributed by atoms with van der Waals surface area (Å²) in [4.78, 5) is 24.0. The molecule has 27 heavy (non-hydrogen) atoms. The third-order valence-electron chi connectivity index (χ3n) is 3.41. The molecule has 0 saturated carbocycles. The molecule has 0 radical (unpaired) electrons. The van der Waals surface area contributed by atoms with E-state index in [-0.39, 0.29) is 17.1 Å². The van der Waals surface area contributed by atoms with Gasteiger partial charge in [-0.15, -0.1) is 0 Å². The van der Waals surface area contributed by atoms with Crippen molar-refractivity contribution in [3.8, 4) is 11.5 Å². The first kappa shape index (κ1) is 20.4. The van der Waals surface area contributed by atoms with E-state index in [0.717, 1.165) is 11.6 Å². The molecule has 144 valence electrons. The maximum Gasteiger partial charge on any atom is 0.387 e. The lowest BCUT2D eigenvalue weighted by Crippen LogP contribution is -2.21. The van der Waals surface area contributed by atoms with Gasteiger partial charge in [-0.05, 0) is 48.9 Å². The van der Waals surface area contributed by atoms with Crippen LogP contribution in [-0.4, -0.2) is 32.2 Å². The number of anilines is 1. The number of nitrogens with one attached hydrogen (secondary N) is 1. The second kappa shape index (κ2) is 9.18. The zero-order chi connectivity index (χ0) is 20.0. The second-order valence-electron chi connectivity index (χ2n) is 5.33. The largest absolute Gasteiger partial charge is 0.493 e. The van der Waals surface area contributed by atoms with Crippen LogP contribution < -0.4 is 14.8 Å². The lowest BCUT2D eigenvalue weighted by Gasteiger charge is -2.12. The van der Waals surface area contributed by atoms with Crippen LogP contribution in [0.15, 0.2) is 36.4 Å². The Labute approximate surface area is 159 Å². The minimum Gasteiger partial charge on any atom is -0.493 e. The quantitative estimate of drug-likeness (QED) is 0.711. The van der Waals surface area contributed by atoms with Gasteiger partial charge in [-0.2, -0.15) is 8.78 Å². The Morgan fingerprint density at radius 3 is 2.52 bits per heavy atom. The Morgan fingerprint density at radius 2 is 1.89 bits per heavy atom. The molecule has 0 atom stereocenters. The number of hydrogen-bond acceptors (Lipinski definition) is 5. The van der Waals surface area contributed by atoms with Crippen LogP contribution in [0.4, 0.5) is 14.5 Å². The van der Waals surface area contributed by atoms with E-state index in [1.165, 1.54) is 19.2 Å². The van der Waals surface area contributed by atoms with Gasteiger partial charge < -0.3 is 19.5 Å². The van der Waals surface area contributed by atoms with Crippen LogP contribution in [0.5, 0.6) is 11.5 Å². The maximum absolute atomic E-state index is 12.3. The van der Waals surface area contributed by atoms with Crippen LogP contribution in [0, 0.1) is 6.92 Å². The number of halogens is 3. The Balaban J connectivity index is 1.97. The molecule has 0 aromatic heterocycles. The molecule has 0 saturated heterocycles. The number of hydrogen-bond donors (Lipinski definition) is 1. The fourth-order valence-electron chi connectivity index (χ4n) is 2.16. The minimum absolute atomic E-state index is 0.0175. The van der Waals surface area contributed by atoms with E-state index >= 15 is 0 Å². The molecule has 0 aliphatic heterocycles. The normalized spacial score (nSPS) is 10.4. The van der Waals surface area contributed by atoms with Crippen LogP contribution in [0.3, 0.4) is 0 Å². The summed E-state index contributed by atoms with van der Waals surface area (Å²) < 4.78 is 38.7. The highest BCUT2D eigenvalue weighted by Gasteiger charge is 2.16. The van der Waals surface area contributed by atoms with Crippen LogP contribution in [0.25, 0.3) is 0 Å². The smallest absolute Gasteiger partial charge is 0.387 e. The molecule has 2 aromatic rings. The molecule has 0 bridgehead atoms. The highest BCUT2D eigenvalue weighted by Crippen LogP contribution is 2.29. The number of rotatable bonds is 7. The third-order valence-corrected chi connectivity index (χ3v) is 3.65. The molecule has 0 aliphatic carbocycles. The lowest BCUT2D eigenvalue weighted by atomic mass is 10.2. The van der Waals surface area contributed by atoms with Crippen molar-refractivity contribution < 1.29 is 32.6 Å². The zero-order valence-electron chi connectivity index (χ0n) is 14.4. The number of esters is 1. The van der Waals surface area contributed by atoms with E-state index in [1.54, 1.807) is 25.1 Å². The number of benzene rings is 2. The molecule has 0 spiro atoms. The van der Waals surface area contributed by atoms with Crippen molar-refractivity contribution >= 4 is 29.2 Å². The maximum atomic E-state index is 12.3. The Hall–Kier alpha value is -2.87. The first-order chi connectivity index (χ1) is 12.8. The van der Waals surface area contributed by atoms with Gasteiger partial charge in [-0.25, -0.2) is 4.79 Å². The molecule has 0 aliphatic rings. The molecule has 1 amide bonds. The molecule has 2 aromatic carbocycles. The molecule has 0 heterocycles. The van der Waals surface area contributed by atoms with Crippen molar-refractivity contribution in [2.45, 2.75) is 13.5 Å². The Morgan fingerprint density at radius 1 is 1.15 bits per heavy atom. The molecular weight excluding hydrogens is 384 g/mol. The van der Waals surface area contributed by atoms with E-state index in [0.29, 0.717) is 10.7 Å². The van der Waals surface area contributed by atoms with Crippen molar-refractivity contribution in [3.63, 3.8) is 0 Å². The van der Waals surface area contributed by atoms with Gasteiger partial charge in [0, 0.05) is 10.7 Å². The Kier molecular flexibility index (Phi) is 6.95. The van der Waals surface area contributed by atoms with Gasteiger partial charge in [-0.1, -0.05) is 11.6 Å². The summed E-state index contributed by atoms with van der Waals surface area (Å²) >= 11 is 5.84. The fraction of sp³-hybridized carbons (Fsp3) is 0.222. The van der Waals surface area contributed by atoms with Gasteiger partial charge in [0.05, 0.1) is 12.7 Å². The summed E-state index contributed by atoms with van der Waals surface area (Å²) in [6.45, 7) is -1.79. The van der Waals surface area contributed by atoms with Crippen molar-refractivity contribution in [1.82, 2.24) is 0 Å². The first-order valence-electron chi connectivity index (χ1n) is 7.66. The number of ether oxygens (including phenoxy) is 3. The van der Waals surface area contributed by atoms with Gasteiger partial charge >= 0.3 is 12.6 Å². The predicted molar refractivity (Wildman–Crippen MR) is 94.7 cm³/mol. The average molecular weight is 400 g/mol. The predicted octanol–water partition coefficient (Wildman–Crippen LogP) is 4.05. The highest BCUT2D eigenvalue weighted by atomic mass is 35.5. The van der Waals surface area contributed by atoms with Crippen LogP contribution >= 0.6 is 11.6 Å². The van der Waals surface area contributed by atoms with Gasteiger partial charge in [0.25, 0.3) is 5.91 Å².